The van der Waals surface area contributed by atoms with Crippen LogP contribution in [0.1, 0.15) is 48.4 Å². The summed E-state index contributed by atoms with van der Waals surface area (Å²) in [5, 5.41) is 6.12. The van der Waals surface area contributed by atoms with Gasteiger partial charge in [-0.1, -0.05) is 48.5 Å². The third-order valence-electron chi connectivity index (χ3n) is 9.78. The van der Waals surface area contributed by atoms with Crippen molar-refractivity contribution in [2.24, 2.45) is 0 Å². The smallest absolute Gasteiger partial charge is 0.418 e. The molecule has 16 heteroatoms. The van der Waals surface area contributed by atoms with Crippen LogP contribution in [0, 0.1) is 5.82 Å². The molecule has 2 atom stereocenters. The summed E-state index contributed by atoms with van der Waals surface area (Å²) < 4.78 is 76.8. The van der Waals surface area contributed by atoms with E-state index in [-0.39, 0.29) is 30.9 Å². The number of nitrogens with one attached hydrogen (secondary N) is 2. The van der Waals surface area contributed by atoms with E-state index in [1.54, 1.807) is 12.1 Å². The summed E-state index contributed by atoms with van der Waals surface area (Å²) in [4.78, 5) is 53.2. The van der Waals surface area contributed by atoms with Crippen LogP contribution in [-0.2, 0) is 58.3 Å². The summed E-state index contributed by atoms with van der Waals surface area (Å²) in [6, 6.07) is 17.7. The van der Waals surface area contributed by atoms with Crippen molar-refractivity contribution in [2.45, 2.75) is 63.4 Å². The Balaban J connectivity index is 0.987. The molecular weight excluding hydrogens is 752 g/mol. The quantitative estimate of drug-likeness (QED) is 0.0995. The molecule has 5 rings (SSSR count). The summed E-state index contributed by atoms with van der Waals surface area (Å²) in [5.41, 5.74) is 1.69. The predicted octanol–water partition coefficient (Wildman–Crippen LogP) is 5.53. The Morgan fingerprint density at radius 3 is 2.28 bits per heavy atom. The largest absolute Gasteiger partial charge is 0.427 e. The molecule has 0 aromatic heterocycles. The van der Waals surface area contributed by atoms with Gasteiger partial charge in [-0.15, -0.1) is 0 Å². The second-order valence-electron chi connectivity index (χ2n) is 13.8. The number of alkyl halides is 3. The molecule has 1 spiro atoms. The van der Waals surface area contributed by atoms with Gasteiger partial charge in [-0.2, -0.15) is 13.2 Å². The average Bonchev–Trinajstić information content (AvgIpc) is 3.67. The van der Waals surface area contributed by atoms with Crippen LogP contribution in [0.15, 0.2) is 72.8 Å². The fraction of sp³-hybridized carbons (Fsp3) is 0.463. The normalized spacial score (nSPS) is 16.8. The van der Waals surface area contributed by atoms with E-state index in [9.17, 15) is 36.7 Å². The molecule has 1 saturated heterocycles. The summed E-state index contributed by atoms with van der Waals surface area (Å²) in [5.74, 6) is -2.68. The van der Waals surface area contributed by atoms with Crippen molar-refractivity contribution < 1.29 is 55.7 Å². The fourth-order valence-corrected chi connectivity index (χ4v) is 6.57. The Bertz CT molecular complexity index is 1810. The summed E-state index contributed by atoms with van der Waals surface area (Å²) in [6.45, 7) is 2.95. The van der Waals surface area contributed by atoms with Crippen molar-refractivity contribution in [3.05, 3.63) is 101 Å². The Hall–Kier alpha value is -5.06. The van der Waals surface area contributed by atoms with E-state index in [0.29, 0.717) is 74.3 Å². The van der Waals surface area contributed by atoms with Crippen molar-refractivity contribution >= 4 is 29.5 Å². The van der Waals surface area contributed by atoms with Crippen LogP contribution in [0.3, 0.4) is 0 Å². The van der Waals surface area contributed by atoms with E-state index in [0.717, 1.165) is 36.7 Å². The number of anilines is 1. The van der Waals surface area contributed by atoms with Gasteiger partial charge in [-0.25, -0.2) is 14.1 Å². The number of halogens is 4. The van der Waals surface area contributed by atoms with E-state index in [2.05, 4.69) is 22.8 Å². The molecule has 12 nitrogen and oxygen atoms in total. The number of hydrogen-bond donors (Lipinski definition) is 2. The molecule has 1 aliphatic heterocycles. The highest BCUT2D eigenvalue weighted by atomic mass is 19.4. The highest BCUT2D eigenvalue weighted by molar-refractivity contribution is 6.06. The SMILES string of the molecule is C[C@H](N(Cc1ccc(F)cc1)C(=O)CN1C(=O)O[C@@]2(CCc3cc(NCCCNC(=O)CCOCCOCCOCCc4ccccc4)ccc32)C1=O)C(F)(F)F. The first-order valence-electron chi connectivity index (χ1n) is 18.9. The zero-order chi connectivity index (χ0) is 40.8. The molecule has 57 heavy (non-hydrogen) atoms. The Morgan fingerprint density at radius 1 is 0.895 bits per heavy atom. The molecular formula is C41H48F4N4O8. The predicted molar refractivity (Wildman–Crippen MR) is 200 cm³/mol. The molecule has 0 saturated carbocycles. The number of carbonyl (C=O) groups excluding carboxylic acids is 4. The average molecular weight is 801 g/mol. The molecule has 0 unspecified atom stereocenters. The maximum Gasteiger partial charge on any atom is 0.418 e. The number of rotatable bonds is 22. The number of ether oxygens (including phenoxy) is 4. The van der Waals surface area contributed by atoms with Crippen LogP contribution >= 0.6 is 0 Å². The Kier molecular flexibility index (Phi) is 15.4. The molecule has 4 amide bonds. The van der Waals surface area contributed by atoms with Gasteiger partial charge in [0, 0.05) is 43.7 Å². The van der Waals surface area contributed by atoms with Crippen LogP contribution in [0.4, 0.5) is 28.0 Å². The Morgan fingerprint density at radius 2 is 1.58 bits per heavy atom. The molecule has 3 aromatic rings. The summed E-state index contributed by atoms with van der Waals surface area (Å²) >= 11 is 0. The number of aryl methyl sites for hydroxylation is 1. The number of carbonyl (C=O) groups is 4. The van der Waals surface area contributed by atoms with Gasteiger partial charge in [0.1, 0.15) is 18.4 Å². The van der Waals surface area contributed by atoms with E-state index in [1.807, 2.05) is 24.3 Å². The monoisotopic (exact) mass is 800 g/mol. The molecule has 1 heterocycles. The number of amides is 4. The third-order valence-corrected chi connectivity index (χ3v) is 9.78. The first-order valence-corrected chi connectivity index (χ1v) is 18.9. The van der Waals surface area contributed by atoms with Gasteiger partial charge in [0.15, 0.2) is 0 Å². The standard InChI is InChI=1S/C41H48F4N4O8/c1-29(41(43,44)45)48(27-31-8-10-33(42)11-9-31)37(51)28-49-38(52)40(57-39(49)53)17-14-32-26-34(12-13-35(32)40)46-18-5-19-47-36(50)16-21-55-23-25-56-24-22-54-20-15-30-6-3-2-4-7-30/h2-4,6-13,26,29,46H,5,14-25,27-28H2,1H3,(H,47,50)/t29-,40+/m0/s1. The third kappa shape index (κ3) is 12.0. The number of benzene rings is 3. The molecule has 1 fully saturated rings. The van der Waals surface area contributed by atoms with Gasteiger partial charge in [-0.3, -0.25) is 14.4 Å². The van der Waals surface area contributed by atoms with Gasteiger partial charge in [-0.05, 0) is 67.1 Å². The second kappa shape index (κ2) is 20.4. The molecule has 308 valence electrons. The van der Waals surface area contributed by atoms with E-state index < -0.39 is 54.6 Å². The zero-order valence-corrected chi connectivity index (χ0v) is 31.8. The first-order chi connectivity index (χ1) is 27.4. The highest BCUT2D eigenvalue weighted by Crippen LogP contribution is 2.46. The zero-order valence-electron chi connectivity index (χ0n) is 31.8. The maximum absolute atomic E-state index is 13.8. The molecule has 3 aromatic carbocycles. The van der Waals surface area contributed by atoms with Crippen LogP contribution < -0.4 is 10.6 Å². The number of fused-ring (bicyclic) bond motifs is 2. The Labute approximate surface area is 328 Å². The van der Waals surface area contributed by atoms with E-state index in [1.165, 1.54) is 17.7 Å². The van der Waals surface area contributed by atoms with Gasteiger partial charge >= 0.3 is 12.3 Å². The molecule has 0 bridgehead atoms. The molecule has 2 aliphatic rings. The van der Waals surface area contributed by atoms with Crippen LogP contribution in [0.2, 0.25) is 0 Å². The van der Waals surface area contributed by atoms with Crippen molar-refractivity contribution in [3.63, 3.8) is 0 Å². The second-order valence-corrected chi connectivity index (χ2v) is 13.8. The number of hydrogen-bond acceptors (Lipinski definition) is 9. The topological polar surface area (TPSA) is 136 Å². The lowest BCUT2D eigenvalue weighted by atomic mass is 9.94. The van der Waals surface area contributed by atoms with Crippen LogP contribution in [-0.4, -0.2) is 105 Å². The van der Waals surface area contributed by atoms with Crippen LogP contribution in [0.5, 0.6) is 0 Å². The lowest BCUT2D eigenvalue weighted by Gasteiger charge is -2.31. The van der Waals surface area contributed by atoms with Gasteiger partial charge < -0.3 is 34.5 Å². The number of nitrogens with zero attached hydrogens (tertiary/aromatic N) is 2. The highest BCUT2D eigenvalue weighted by Gasteiger charge is 2.58. The molecule has 1 aliphatic carbocycles. The van der Waals surface area contributed by atoms with Crippen molar-refractivity contribution in [1.82, 2.24) is 15.1 Å². The molecule has 0 radical (unpaired) electrons. The van der Waals surface area contributed by atoms with E-state index in [4.69, 9.17) is 18.9 Å². The van der Waals surface area contributed by atoms with Crippen molar-refractivity contribution in [2.75, 3.05) is 64.6 Å². The van der Waals surface area contributed by atoms with Crippen molar-refractivity contribution in [1.29, 1.82) is 0 Å². The van der Waals surface area contributed by atoms with E-state index >= 15 is 0 Å². The minimum Gasteiger partial charge on any atom is -0.427 e. The van der Waals surface area contributed by atoms with Crippen molar-refractivity contribution in [3.8, 4) is 0 Å². The first kappa shape index (κ1) is 43.1. The molecule has 2 N–H and O–H groups in total. The summed E-state index contributed by atoms with van der Waals surface area (Å²) in [6.07, 6.45) is -3.75. The maximum atomic E-state index is 13.8. The lowest BCUT2D eigenvalue weighted by molar-refractivity contribution is -0.187. The minimum absolute atomic E-state index is 0.104. The lowest BCUT2D eigenvalue weighted by Crippen LogP contribution is -2.51. The van der Waals surface area contributed by atoms with Gasteiger partial charge in [0.05, 0.1) is 39.6 Å². The summed E-state index contributed by atoms with van der Waals surface area (Å²) in [7, 11) is 0. The fourth-order valence-electron chi connectivity index (χ4n) is 6.57. The van der Waals surface area contributed by atoms with Gasteiger partial charge in [0.2, 0.25) is 17.4 Å². The minimum atomic E-state index is -4.80. The number of imide groups is 1. The van der Waals surface area contributed by atoms with Crippen LogP contribution in [0.25, 0.3) is 0 Å². The van der Waals surface area contributed by atoms with Gasteiger partial charge in [0.25, 0.3) is 5.91 Å².